The van der Waals surface area contributed by atoms with Gasteiger partial charge in [0.15, 0.2) is 0 Å². The molecule has 0 radical (unpaired) electrons. The molecule has 2 unspecified atom stereocenters. The molecule has 5 heteroatoms. The molecule has 2 atom stereocenters. The monoisotopic (exact) mass is 327 g/mol. The highest BCUT2D eigenvalue weighted by Crippen LogP contribution is 2.37. The summed E-state index contributed by atoms with van der Waals surface area (Å²) in [6, 6.07) is 4.72. The van der Waals surface area contributed by atoms with Crippen molar-refractivity contribution in [3.05, 3.63) is 28.2 Å². The Kier molecular flexibility index (Phi) is 4.16. The van der Waals surface area contributed by atoms with Crippen molar-refractivity contribution < 1.29 is 15.0 Å². The number of benzene rings is 1. The van der Waals surface area contributed by atoms with Gasteiger partial charge in [0.1, 0.15) is 5.75 Å². The second-order valence-corrected chi connectivity index (χ2v) is 6.25. The molecule has 0 heterocycles. The van der Waals surface area contributed by atoms with Gasteiger partial charge in [-0.15, -0.1) is 0 Å². The van der Waals surface area contributed by atoms with E-state index in [9.17, 15) is 15.0 Å². The maximum atomic E-state index is 12.1. The number of hydrogen-bond acceptors (Lipinski definition) is 3. The van der Waals surface area contributed by atoms with Gasteiger partial charge in [-0.3, -0.25) is 4.79 Å². The molecule has 0 spiro atoms. The molecule has 0 saturated heterocycles. The van der Waals surface area contributed by atoms with Crippen molar-refractivity contribution in [2.75, 3.05) is 6.61 Å². The quantitative estimate of drug-likeness (QED) is 0.798. The second-order valence-electron chi connectivity index (χ2n) is 5.40. The first-order chi connectivity index (χ1) is 8.96. The van der Waals surface area contributed by atoms with Crippen molar-refractivity contribution in [1.29, 1.82) is 0 Å². The van der Waals surface area contributed by atoms with Crippen LogP contribution in [0.25, 0.3) is 0 Å². The van der Waals surface area contributed by atoms with Crippen LogP contribution < -0.4 is 5.32 Å². The third-order valence-electron chi connectivity index (χ3n) is 3.96. The maximum absolute atomic E-state index is 12.1. The fraction of sp³-hybridized carbons (Fsp3) is 0.500. The Morgan fingerprint density at radius 2 is 2.32 bits per heavy atom. The van der Waals surface area contributed by atoms with Crippen LogP contribution in [-0.2, 0) is 0 Å². The van der Waals surface area contributed by atoms with Crippen LogP contribution in [0.3, 0.4) is 0 Å². The number of aliphatic hydroxyl groups excluding tert-OH is 1. The molecule has 1 aromatic carbocycles. The molecule has 104 valence electrons. The maximum Gasteiger partial charge on any atom is 0.251 e. The summed E-state index contributed by atoms with van der Waals surface area (Å²) in [5.74, 6) is -0.168. The molecule has 3 N–H and O–H groups in total. The number of hydrogen-bond donors (Lipinski definition) is 3. The van der Waals surface area contributed by atoms with Gasteiger partial charge < -0.3 is 15.5 Å². The summed E-state index contributed by atoms with van der Waals surface area (Å²) < 4.78 is 0.560. The topological polar surface area (TPSA) is 69.6 Å². The van der Waals surface area contributed by atoms with Gasteiger partial charge >= 0.3 is 0 Å². The summed E-state index contributed by atoms with van der Waals surface area (Å²) in [7, 11) is 0. The van der Waals surface area contributed by atoms with E-state index in [1.165, 1.54) is 6.07 Å². The summed E-state index contributed by atoms with van der Waals surface area (Å²) in [6.45, 7) is 2.06. The number of aliphatic hydroxyl groups is 1. The Hall–Kier alpha value is -1.07. The van der Waals surface area contributed by atoms with Gasteiger partial charge in [-0.25, -0.2) is 0 Å². The number of nitrogens with one attached hydrogen (secondary N) is 1. The number of carbonyl (C=O) groups excluding carboxylic acids is 1. The number of phenolic OH excluding ortho intramolecular Hbond substituents is 1. The molecule has 1 aromatic rings. The Balaban J connectivity index is 2.10. The molecule has 19 heavy (non-hydrogen) atoms. The lowest BCUT2D eigenvalue weighted by Gasteiger charge is -2.30. The van der Waals surface area contributed by atoms with Crippen molar-refractivity contribution in [3.63, 3.8) is 0 Å². The minimum atomic E-state index is -0.243. The van der Waals surface area contributed by atoms with Crippen molar-refractivity contribution in [2.24, 2.45) is 5.41 Å². The fourth-order valence-electron chi connectivity index (χ4n) is 2.56. The van der Waals surface area contributed by atoms with Crippen LogP contribution in [-0.4, -0.2) is 28.8 Å². The summed E-state index contributed by atoms with van der Waals surface area (Å²) in [6.07, 6.45) is 2.80. The average molecular weight is 328 g/mol. The van der Waals surface area contributed by atoms with Gasteiger partial charge in [-0.2, -0.15) is 0 Å². The molecule has 0 aliphatic heterocycles. The normalized spacial score (nSPS) is 26.4. The summed E-state index contributed by atoms with van der Waals surface area (Å²) >= 11 is 3.18. The standard InChI is InChI=1S/C14H18BrNO3/c1-14(8-17)6-2-3-12(14)16-13(19)9-4-5-10(15)11(18)7-9/h4-5,7,12,17-18H,2-3,6,8H2,1H3,(H,16,19). The van der Waals surface area contributed by atoms with Crippen molar-refractivity contribution in [3.8, 4) is 5.75 Å². The van der Waals surface area contributed by atoms with Gasteiger partial charge in [-0.1, -0.05) is 13.3 Å². The lowest BCUT2D eigenvalue weighted by Crippen LogP contribution is -2.44. The van der Waals surface area contributed by atoms with Crippen LogP contribution in [0, 0.1) is 5.41 Å². The molecular weight excluding hydrogens is 310 g/mol. The van der Waals surface area contributed by atoms with Crippen molar-refractivity contribution in [2.45, 2.75) is 32.2 Å². The molecule has 2 rings (SSSR count). The number of phenols is 1. The Labute approximate surface area is 121 Å². The van der Waals surface area contributed by atoms with E-state index in [1.807, 2.05) is 6.92 Å². The fourth-order valence-corrected chi connectivity index (χ4v) is 2.81. The first-order valence-electron chi connectivity index (χ1n) is 6.36. The van der Waals surface area contributed by atoms with Gasteiger partial charge in [0, 0.05) is 17.0 Å². The van der Waals surface area contributed by atoms with Crippen LogP contribution in [0.15, 0.2) is 22.7 Å². The predicted octanol–water partition coefficient (Wildman–Crippen LogP) is 2.44. The van der Waals surface area contributed by atoms with Crippen molar-refractivity contribution in [1.82, 2.24) is 5.32 Å². The third-order valence-corrected chi connectivity index (χ3v) is 4.63. The molecule has 0 aromatic heterocycles. The van der Waals surface area contributed by atoms with Crippen LogP contribution in [0.5, 0.6) is 5.75 Å². The minimum Gasteiger partial charge on any atom is -0.507 e. The molecule has 1 saturated carbocycles. The predicted molar refractivity (Wildman–Crippen MR) is 76.1 cm³/mol. The SMILES string of the molecule is CC1(CO)CCCC1NC(=O)c1ccc(Br)c(O)c1. The van der Waals surface area contributed by atoms with Crippen LogP contribution >= 0.6 is 15.9 Å². The third kappa shape index (κ3) is 2.92. The van der Waals surface area contributed by atoms with E-state index in [4.69, 9.17) is 0 Å². The number of aromatic hydroxyl groups is 1. The lowest BCUT2D eigenvalue weighted by atomic mass is 9.85. The lowest BCUT2D eigenvalue weighted by molar-refractivity contribution is 0.0830. The van der Waals surface area contributed by atoms with E-state index in [2.05, 4.69) is 21.2 Å². The molecule has 1 amide bonds. The smallest absolute Gasteiger partial charge is 0.251 e. The number of halogens is 1. The number of carbonyl (C=O) groups is 1. The highest BCUT2D eigenvalue weighted by molar-refractivity contribution is 9.10. The molecule has 1 aliphatic rings. The Morgan fingerprint density at radius 1 is 1.58 bits per heavy atom. The van der Waals surface area contributed by atoms with Gasteiger partial charge in [0.25, 0.3) is 5.91 Å². The minimum absolute atomic E-state index is 0.0178. The highest BCUT2D eigenvalue weighted by atomic mass is 79.9. The highest BCUT2D eigenvalue weighted by Gasteiger charge is 2.39. The summed E-state index contributed by atoms with van der Waals surface area (Å²) in [4.78, 5) is 12.1. The number of rotatable bonds is 3. The molecule has 4 nitrogen and oxygen atoms in total. The first kappa shape index (κ1) is 14.3. The van der Waals surface area contributed by atoms with E-state index in [-0.39, 0.29) is 29.7 Å². The Morgan fingerprint density at radius 3 is 2.95 bits per heavy atom. The van der Waals surface area contributed by atoms with E-state index < -0.39 is 0 Å². The first-order valence-corrected chi connectivity index (χ1v) is 7.16. The van der Waals surface area contributed by atoms with Gasteiger partial charge in [0.2, 0.25) is 0 Å². The van der Waals surface area contributed by atoms with Gasteiger partial charge in [0.05, 0.1) is 11.1 Å². The van der Waals surface area contributed by atoms with Crippen LogP contribution in [0.1, 0.15) is 36.5 Å². The molecule has 0 bridgehead atoms. The van der Waals surface area contributed by atoms with Gasteiger partial charge in [-0.05, 0) is 47.0 Å². The molecule has 1 aliphatic carbocycles. The zero-order chi connectivity index (χ0) is 14.0. The van der Waals surface area contributed by atoms with Crippen molar-refractivity contribution >= 4 is 21.8 Å². The number of amides is 1. The Bertz CT molecular complexity index is 492. The average Bonchev–Trinajstić information content (AvgIpc) is 2.75. The van der Waals surface area contributed by atoms with E-state index in [0.717, 1.165) is 19.3 Å². The van der Waals surface area contributed by atoms with Crippen LogP contribution in [0.2, 0.25) is 0 Å². The molecule has 1 fully saturated rings. The molecular formula is C14H18BrNO3. The second kappa shape index (κ2) is 5.51. The largest absolute Gasteiger partial charge is 0.507 e. The van der Waals surface area contributed by atoms with Crippen LogP contribution in [0.4, 0.5) is 0 Å². The van der Waals surface area contributed by atoms with E-state index in [1.54, 1.807) is 12.1 Å². The van der Waals surface area contributed by atoms with E-state index >= 15 is 0 Å². The zero-order valence-corrected chi connectivity index (χ0v) is 12.4. The zero-order valence-electron chi connectivity index (χ0n) is 10.8. The summed E-state index contributed by atoms with van der Waals surface area (Å²) in [5, 5.41) is 22.0. The summed E-state index contributed by atoms with van der Waals surface area (Å²) in [5.41, 5.74) is 0.181. The van der Waals surface area contributed by atoms with E-state index in [0.29, 0.717) is 10.0 Å².